The van der Waals surface area contributed by atoms with Gasteiger partial charge in [0.15, 0.2) is 11.6 Å². The highest BCUT2D eigenvalue weighted by atomic mass is 19.1. The maximum absolute atomic E-state index is 13.9. The van der Waals surface area contributed by atoms with Crippen molar-refractivity contribution in [2.75, 3.05) is 11.1 Å². The Morgan fingerprint density at radius 3 is 2.38 bits per heavy atom. The lowest BCUT2D eigenvalue weighted by Crippen LogP contribution is -2.30. The van der Waals surface area contributed by atoms with Gasteiger partial charge in [-0.3, -0.25) is 0 Å². The van der Waals surface area contributed by atoms with Gasteiger partial charge in [0.1, 0.15) is 0 Å². The van der Waals surface area contributed by atoms with Gasteiger partial charge < -0.3 is 15.8 Å². The SMILES string of the molecule is CC1CC(C)CC(Nc2cc(OC(C)C)c(F)cc2N)C1. The van der Waals surface area contributed by atoms with Crippen molar-refractivity contribution >= 4 is 11.4 Å². The monoisotopic (exact) mass is 294 g/mol. The van der Waals surface area contributed by atoms with Crippen LogP contribution in [0, 0.1) is 17.7 Å². The molecule has 0 aromatic heterocycles. The van der Waals surface area contributed by atoms with E-state index in [1.807, 2.05) is 13.8 Å². The fourth-order valence-electron chi connectivity index (χ4n) is 3.32. The summed E-state index contributed by atoms with van der Waals surface area (Å²) in [7, 11) is 0. The third kappa shape index (κ3) is 4.26. The third-order valence-electron chi connectivity index (χ3n) is 4.00. The van der Waals surface area contributed by atoms with Gasteiger partial charge in [0.2, 0.25) is 0 Å². The molecule has 1 aromatic rings. The second-order valence-corrected chi connectivity index (χ2v) is 6.80. The summed E-state index contributed by atoms with van der Waals surface area (Å²) in [5, 5.41) is 3.48. The normalized spacial score (nSPS) is 25.9. The van der Waals surface area contributed by atoms with Crippen molar-refractivity contribution in [1.82, 2.24) is 0 Å². The van der Waals surface area contributed by atoms with Crippen LogP contribution in [0.2, 0.25) is 0 Å². The molecular formula is C17H27FN2O. The Labute approximate surface area is 127 Å². The zero-order chi connectivity index (χ0) is 15.6. The Bertz CT molecular complexity index is 480. The number of nitrogens with one attached hydrogen (secondary N) is 1. The van der Waals surface area contributed by atoms with Crippen LogP contribution in [0.5, 0.6) is 5.75 Å². The molecule has 1 fully saturated rings. The Kier molecular flexibility index (Phi) is 4.96. The number of nitrogen functional groups attached to an aromatic ring is 1. The minimum absolute atomic E-state index is 0.0642. The highest BCUT2D eigenvalue weighted by Gasteiger charge is 2.24. The van der Waals surface area contributed by atoms with E-state index in [1.165, 1.54) is 12.5 Å². The highest BCUT2D eigenvalue weighted by Crippen LogP contribution is 2.34. The van der Waals surface area contributed by atoms with E-state index in [1.54, 1.807) is 6.07 Å². The topological polar surface area (TPSA) is 47.3 Å². The van der Waals surface area contributed by atoms with Crippen LogP contribution < -0.4 is 15.8 Å². The van der Waals surface area contributed by atoms with Gasteiger partial charge in [-0.05, 0) is 44.9 Å². The molecule has 0 bridgehead atoms. The molecule has 1 aliphatic rings. The van der Waals surface area contributed by atoms with E-state index >= 15 is 0 Å². The second-order valence-electron chi connectivity index (χ2n) is 6.80. The molecule has 21 heavy (non-hydrogen) atoms. The molecule has 3 nitrogen and oxygen atoms in total. The van der Waals surface area contributed by atoms with Crippen LogP contribution in [0.4, 0.5) is 15.8 Å². The van der Waals surface area contributed by atoms with Crippen molar-refractivity contribution in [2.45, 2.75) is 59.1 Å². The smallest absolute Gasteiger partial charge is 0.167 e. The van der Waals surface area contributed by atoms with Crippen molar-refractivity contribution in [3.8, 4) is 5.75 Å². The van der Waals surface area contributed by atoms with Gasteiger partial charge in [0, 0.05) is 18.2 Å². The van der Waals surface area contributed by atoms with Crippen molar-refractivity contribution < 1.29 is 9.13 Å². The van der Waals surface area contributed by atoms with Crippen LogP contribution >= 0.6 is 0 Å². The number of halogens is 1. The largest absolute Gasteiger partial charge is 0.488 e. The molecule has 1 saturated carbocycles. The molecule has 118 valence electrons. The summed E-state index contributed by atoms with van der Waals surface area (Å²) in [6.45, 7) is 8.33. The molecule has 1 aliphatic carbocycles. The lowest BCUT2D eigenvalue weighted by molar-refractivity contribution is 0.231. The Balaban J connectivity index is 2.15. The lowest BCUT2D eigenvalue weighted by Gasteiger charge is -2.33. The van der Waals surface area contributed by atoms with E-state index in [4.69, 9.17) is 10.5 Å². The zero-order valence-electron chi connectivity index (χ0n) is 13.4. The first-order valence-electron chi connectivity index (χ1n) is 7.87. The molecule has 3 N–H and O–H groups in total. The fourth-order valence-corrected chi connectivity index (χ4v) is 3.32. The van der Waals surface area contributed by atoms with E-state index in [0.717, 1.165) is 18.5 Å². The maximum Gasteiger partial charge on any atom is 0.167 e. The molecule has 2 unspecified atom stereocenters. The molecule has 2 atom stereocenters. The van der Waals surface area contributed by atoms with E-state index in [2.05, 4.69) is 19.2 Å². The van der Waals surface area contributed by atoms with Crippen LogP contribution in [0.15, 0.2) is 12.1 Å². The average Bonchev–Trinajstić information content (AvgIpc) is 2.33. The first-order chi connectivity index (χ1) is 9.85. The Hall–Kier alpha value is -1.45. The van der Waals surface area contributed by atoms with Crippen LogP contribution in [-0.4, -0.2) is 12.1 Å². The summed E-state index contributed by atoms with van der Waals surface area (Å²) in [5.41, 5.74) is 7.17. The van der Waals surface area contributed by atoms with Crippen molar-refractivity contribution in [2.24, 2.45) is 11.8 Å². The van der Waals surface area contributed by atoms with E-state index in [9.17, 15) is 4.39 Å². The second kappa shape index (κ2) is 6.54. The van der Waals surface area contributed by atoms with E-state index in [-0.39, 0.29) is 11.9 Å². The van der Waals surface area contributed by atoms with E-state index < -0.39 is 5.82 Å². The lowest BCUT2D eigenvalue weighted by atomic mass is 9.80. The van der Waals surface area contributed by atoms with Crippen molar-refractivity contribution in [3.63, 3.8) is 0 Å². The van der Waals surface area contributed by atoms with Gasteiger partial charge in [-0.25, -0.2) is 4.39 Å². The molecule has 0 radical (unpaired) electrons. The number of hydrogen-bond acceptors (Lipinski definition) is 3. The van der Waals surface area contributed by atoms with Crippen LogP contribution in [0.1, 0.15) is 47.0 Å². The first kappa shape index (κ1) is 15.9. The first-order valence-corrected chi connectivity index (χ1v) is 7.87. The van der Waals surface area contributed by atoms with Crippen LogP contribution in [0.25, 0.3) is 0 Å². The molecule has 0 spiro atoms. The van der Waals surface area contributed by atoms with Gasteiger partial charge >= 0.3 is 0 Å². The predicted octanol–water partition coefficient (Wildman–Crippen LogP) is 4.43. The fraction of sp³-hybridized carbons (Fsp3) is 0.647. The van der Waals surface area contributed by atoms with Gasteiger partial charge in [-0.15, -0.1) is 0 Å². The summed E-state index contributed by atoms with van der Waals surface area (Å²) in [6.07, 6.45) is 3.47. The van der Waals surface area contributed by atoms with Crippen LogP contribution in [-0.2, 0) is 0 Å². The number of nitrogens with two attached hydrogens (primary N) is 1. The predicted molar refractivity (Wildman–Crippen MR) is 86.2 cm³/mol. The molecule has 2 rings (SSSR count). The van der Waals surface area contributed by atoms with Gasteiger partial charge in [-0.2, -0.15) is 0 Å². The molecule has 0 saturated heterocycles. The quantitative estimate of drug-likeness (QED) is 0.807. The number of rotatable bonds is 4. The molecule has 0 amide bonds. The minimum atomic E-state index is -0.405. The van der Waals surface area contributed by atoms with Crippen molar-refractivity contribution in [1.29, 1.82) is 0 Å². The highest BCUT2D eigenvalue weighted by molar-refractivity contribution is 5.69. The average molecular weight is 294 g/mol. The summed E-state index contributed by atoms with van der Waals surface area (Å²) in [5.74, 6) is 1.27. The minimum Gasteiger partial charge on any atom is -0.488 e. The van der Waals surface area contributed by atoms with Gasteiger partial charge in [-0.1, -0.05) is 13.8 Å². The molecule has 1 aromatic carbocycles. The van der Waals surface area contributed by atoms with Gasteiger partial charge in [0.25, 0.3) is 0 Å². The number of anilines is 2. The van der Waals surface area contributed by atoms with E-state index in [0.29, 0.717) is 23.6 Å². The molecule has 4 heteroatoms. The Morgan fingerprint density at radius 2 is 1.81 bits per heavy atom. The summed E-state index contributed by atoms with van der Waals surface area (Å²) in [4.78, 5) is 0. The van der Waals surface area contributed by atoms with Gasteiger partial charge in [0.05, 0.1) is 17.5 Å². The summed E-state index contributed by atoms with van der Waals surface area (Å²) in [6, 6.07) is 3.42. The number of benzene rings is 1. The third-order valence-corrected chi connectivity index (χ3v) is 4.00. The molecule has 0 heterocycles. The standard InChI is InChI=1S/C17H27FN2O/c1-10(2)21-17-9-16(15(19)8-14(17)18)20-13-6-11(3)5-12(4)7-13/h8-13,20H,5-7,19H2,1-4H3. The summed E-state index contributed by atoms with van der Waals surface area (Å²) < 4.78 is 19.4. The van der Waals surface area contributed by atoms with Crippen molar-refractivity contribution in [3.05, 3.63) is 17.9 Å². The maximum atomic E-state index is 13.9. The molecular weight excluding hydrogens is 267 g/mol. The summed E-state index contributed by atoms with van der Waals surface area (Å²) >= 11 is 0. The Morgan fingerprint density at radius 1 is 1.19 bits per heavy atom. The number of hydrogen-bond donors (Lipinski definition) is 2. The molecule has 0 aliphatic heterocycles. The van der Waals surface area contributed by atoms with Crippen LogP contribution in [0.3, 0.4) is 0 Å². The zero-order valence-corrected chi connectivity index (χ0v) is 13.4. The number of ether oxygens (including phenoxy) is 1.